The van der Waals surface area contributed by atoms with Crippen molar-refractivity contribution in [3.63, 3.8) is 0 Å². The molecule has 0 amide bonds. The maximum atomic E-state index is 12.8. The summed E-state index contributed by atoms with van der Waals surface area (Å²) >= 11 is 6.06. The summed E-state index contributed by atoms with van der Waals surface area (Å²) in [5.74, 6) is 0.400. The molecule has 4 rings (SSSR count). The van der Waals surface area contributed by atoms with E-state index in [1.807, 2.05) is 35.5 Å². The lowest BCUT2D eigenvalue weighted by molar-refractivity contribution is -0.137. The molecule has 1 aliphatic rings. The Hall–Kier alpha value is -2.32. The van der Waals surface area contributed by atoms with Gasteiger partial charge in [0.15, 0.2) is 0 Å². The lowest BCUT2D eigenvalue weighted by atomic mass is 10.2. The minimum atomic E-state index is -4.44. The van der Waals surface area contributed by atoms with Crippen LogP contribution in [0.5, 0.6) is 0 Å². The molecule has 0 atom stereocenters. The Balaban J connectivity index is 1.42. The minimum Gasteiger partial charge on any atom is -0.353 e. The van der Waals surface area contributed by atoms with E-state index in [1.165, 1.54) is 0 Å². The summed E-state index contributed by atoms with van der Waals surface area (Å²) in [6.07, 6.45) is -1.78. The molecule has 9 heteroatoms. The van der Waals surface area contributed by atoms with Gasteiger partial charge in [0.05, 0.1) is 34.6 Å². The maximum Gasteiger partial charge on any atom is 0.417 e. The number of anilines is 1. The van der Waals surface area contributed by atoms with E-state index in [2.05, 4.69) is 19.4 Å². The highest BCUT2D eigenvalue weighted by molar-refractivity contribution is 6.33. The molecule has 1 aliphatic heterocycles. The van der Waals surface area contributed by atoms with Crippen LogP contribution in [0.15, 0.2) is 42.9 Å². The summed E-state index contributed by atoms with van der Waals surface area (Å²) in [7, 11) is 0. The first kappa shape index (κ1) is 18.1. The monoisotopic (exact) mass is 395 g/mol. The molecule has 5 nitrogen and oxygen atoms in total. The van der Waals surface area contributed by atoms with Crippen LogP contribution in [0.2, 0.25) is 5.02 Å². The minimum absolute atomic E-state index is 0.0267. The van der Waals surface area contributed by atoms with E-state index < -0.39 is 11.7 Å². The number of nitrogens with zero attached hydrogens (tertiary/aromatic N) is 5. The van der Waals surface area contributed by atoms with Gasteiger partial charge < -0.3 is 9.47 Å². The molecule has 0 spiro atoms. The van der Waals surface area contributed by atoms with Gasteiger partial charge in [-0.2, -0.15) is 13.2 Å². The van der Waals surface area contributed by atoms with Crippen LogP contribution in [0, 0.1) is 0 Å². The van der Waals surface area contributed by atoms with E-state index in [0.717, 1.165) is 36.4 Å². The molecule has 1 fully saturated rings. The quantitative estimate of drug-likeness (QED) is 0.674. The number of hydrogen-bond acceptors (Lipinski definition) is 4. The molecule has 0 radical (unpaired) electrons. The molecule has 0 saturated carbocycles. The smallest absolute Gasteiger partial charge is 0.353 e. The van der Waals surface area contributed by atoms with Crippen molar-refractivity contribution < 1.29 is 13.2 Å². The van der Waals surface area contributed by atoms with Crippen molar-refractivity contribution in [1.29, 1.82) is 0 Å². The molecule has 2 aromatic heterocycles. The van der Waals surface area contributed by atoms with E-state index >= 15 is 0 Å². The molecule has 0 bridgehead atoms. The Labute approximate surface area is 159 Å². The number of halogens is 4. The summed E-state index contributed by atoms with van der Waals surface area (Å²) in [4.78, 5) is 12.5. The van der Waals surface area contributed by atoms with E-state index in [4.69, 9.17) is 11.6 Å². The second-order valence-corrected chi connectivity index (χ2v) is 6.88. The van der Waals surface area contributed by atoms with Crippen molar-refractivity contribution >= 4 is 28.5 Å². The van der Waals surface area contributed by atoms with Gasteiger partial charge in [0.1, 0.15) is 5.82 Å². The van der Waals surface area contributed by atoms with Crippen LogP contribution in [0.3, 0.4) is 0 Å². The number of alkyl halides is 3. The standard InChI is InChI=1S/C18H17ClF3N5/c19-14-9-13(18(20,21)22)10-23-17(14)26-7-5-25(6-8-26)12-27-11-24-15-3-1-2-4-16(15)27/h1-4,9-11H,5-8,12H2. The van der Waals surface area contributed by atoms with Crippen molar-refractivity contribution in [2.45, 2.75) is 12.8 Å². The molecule has 1 aromatic carbocycles. The Morgan fingerprint density at radius 3 is 2.48 bits per heavy atom. The molecule has 0 N–H and O–H groups in total. The summed E-state index contributed by atoms with van der Waals surface area (Å²) < 4.78 is 40.4. The van der Waals surface area contributed by atoms with Gasteiger partial charge in [-0.15, -0.1) is 0 Å². The predicted molar refractivity (Wildman–Crippen MR) is 97.8 cm³/mol. The molecule has 1 saturated heterocycles. The Morgan fingerprint density at radius 2 is 1.78 bits per heavy atom. The number of hydrogen-bond donors (Lipinski definition) is 0. The normalized spacial score (nSPS) is 16.2. The van der Waals surface area contributed by atoms with Gasteiger partial charge in [0, 0.05) is 32.4 Å². The second kappa shape index (κ2) is 7.01. The average Bonchev–Trinajstić information content (AvgIpc) is 3.05. The Morgan fingerprint density at radius 1 is 1.04 bits per heavy atom. The van der Waals surface area contributed by atoms with Crippen molar-refractivity contribution in [3.05, 3.63) is 53.4 Å². The summed E-state index contributed by atoms with van der Waals surface area (Å²) in [6, 6.07) is 8.89. The van der Waals surface area contributed by atoms with E-state index in [1.54, 1.807) is 0 Å². The number of rotatable bonds is 3. The van der Waals surface area contributed by atoms with Gasteiger partial charge >= 0.3 is 6.18 Å². The van der Waals surface area contributed by atoms with Gasteiger partial charge in [0.25, 0.3) is 0 Å². The van der Waals surface area contributed by atoms with Crippen LogP contribution < -0.4 is 4.90 Å². The Bertz CT molecular complexity index is 948. The fraction of sp³-hybridized carbons (Fsp3) is 0.333. The number of piperazine rings is 1. The molecular weight excluding hydrogens is 379 g/mol. The number of aromatic nitrogens is 3. The van der Waals surface area contributed by atoms with Crippen LogP contribution in [0.1, 0.15) is 5.56 Å². The van der Waals surface area contributed by atoms with Gasteiger partial charge in [-0.3, -0.25) is 4.90 Å². The zero-order chi connectivity index (χ0) is 19.0. The first-order valence-electron chi connectivity index (χ1n) is 8.52. The number of imidazole rings is 1. The van der Waals surface area contributed by atoms with Crippen LogP contribution in [0.25, 0.3) is 11.0 Å². The largest absolute Gasteiger partial charge is 0.417 e. The van der Waals surface area contributed by atoms with Crippen molar-refractivity contribution in [2.24, 2.45) is 0 Å². The highest BCUT2D eigenvalue weighted by atomic mass is 35.5. The van der Waals surface area contributed by atoms with Crippen LogP contribution in [-0.4, -0.2) is 45.6 Å². The van der Waals surface area contributed by atoms with Crippen molar-refractivity contribution in [2.75, 3.05) is 31.1 Å². The lowest BCUT2D eigenvalue weighted by Crippen LogP contribution is -2.47. The summed E-state index contributed by atoms with van der Waals surface area (Å²) in [6.45, 7) is 3.51. The summed E-state index contributed by atoms with van der Waals surface area (Å²) in [5, 5.41) is 0.0267. The first-order valence-corrected chi connectivity index (χ1v) is 8.89. The highest BCUT2D eigenvalue weighted by Crippen LogP contribution is 2.33. The van der Waals surface area contributed by atoms with Gasteiger partial charge in [-0.05, 0) is 18.2 Å². The fourth-order valence-corrected chi connectivity index (χ4v) is 3.54. The number of para-hydroxylation sites is 2. The van der Waals surface area contributed by atoms with Crippen LogP contribution in [-0.2, 0) is 12.8 Å². The lowest BCUT2D eigenvalue weighted by Gasteiger charge is -2.35. The van der Waals surface area contributed by atoms with Crippen molar-refractivity contribution in [3.8, 4) is 0 Å². The van der Waals surface area contributed by atoms with Gasteiger partial charge in [0.2, 0.25) is 0 Å². The van der Waals surface area contributed by atoms with Gasteiger partial charge in [-0.25, -0.2) is 9.97 Å². The number of fused-ring (bicyclic) bond motifs is 1. The van der Waals surface area contributed by atoms with Gasteiger partial charge in [-0.1, -0.05) is 23.7 Å². The van der Waals surface area contributed by atoms with Crippen molar-refractivity contribution in [1.82, 2.24) is 19.4 Å². The molecular formula is C18H17ClF3N5. The highest BCUT2D eigenvalue weighted by Gasteiger charge is 2.32. The zero-order valence-electron chi connectivity index (χ0n) is 14.3. The predicted octanol–water partition coefficient (Wildman–Crippen LogP) is 3.88. The fourth-order valence-electron chi connectivity index (χ4n) is 3.26. The summed E-state index contributed by atoms with van der Waals surface area (Å²) in [5.41, 5.74) is 1.20. The molecule has 142 valence electrons. The third-order valence-corrected chi connectivity index (χ3v) is 4.98. The second-order valence-electron chi connectivity index (χ2n) is 6.48. The van der Waals surface area contributed by atoms with Crippen LogP contribution >= 0.6 is 11.6 Å². The molecule has 3 heterocycles. The maximum absolute atomic E-state index is 12.8. The van der Waals surface area contributed by atoms with E-state index in [0.29, 0.717) is 25.6 Å². The topological polar surface area (TPSA) is 37.2 Å². The zero-order valence-corrected chi connectivity index (χ0v) is 15.1. The number of benzene rings is 1. The third-order valence-electron chi connectivity index (χ3n) is 4.70. The molecule has 0 aliphatic carbocycles. The third kappa shape index (κ3) is 3.72. The van der Waals surface area contributed by atoms with E-state index in [-0.39, 0.29) is 5.02 Å². The number of pyridine rings is 1. The molecule has 0 unspecified atom stereocenters. The Kier molecular flexibility index (Phi) is 4.69. The van der Waals surface area contributed by atoms with Crippen LogP contribution in [0.4, 0.5) is 19.0 Å². The first-order chi connectivity index (χ1) is 12.9. The molecule has 27 heavy (non-hydrogen) atoms. The average molecular weight is 396 g/mol. The SMILES string of the molecule is FC(F)(F)c1cnc(N2CCN(Cn3cnc4ccccc43)CC2)c(Cl)c1. The molecule has 3 aromatic rings. The van der Waals surface area contributed by atoms with E-state index in [9.17, 15) is 13.2 Å².